The number of methoxy groups -OCH3 is 1. The van der Waals surface area contributed by atoms with Gasteiger partial charge in [-0.3, -0.25) is 9.69 Å². The zero-order chi connectivity index (χ0) is 16.5. The van der Waals surface area contributed by atoms with Gasteiger partial charge in [-0.25, -0.2) is 0 Å². The predicted molar refractivity (Wildman–Crippen MR) is 88.3 cm³/mol. The summed E-state index contributed by atoms with van der Waals surface area (Å²) in [6.45, 7) is 8.28. The van der Waals surface area contributed by atoms with Gasteiger partial charge in [-0.05, 0) is 37.4 Å². The van der Waals surface area contributed by atoms with Crippen molar-refractivity contribution in [2.24, 2.45) is 0 Å². The second kappa shape index (κ2) is 9.30. The molecule has 5 nitrogen and oxygen atoms in total. The van der Waals surface area contributed by atoms with Gasteiger partial charge in [-0.15, -0.1) is 0 Å². The lowest BCUT2D eigenvalue weighted by molar-refractivity contribution is -0.138. The third-order valence-corrected chi connectivity index (χ3v) is 3.76. The third-order valence-electron chi connectivity index (χ3n) is 3.76. The zero-order valence-electron chi connectivity index (χ0n) is 14.3. The Balaban J connectivity index is 2.66. The molecule has 1 amide bonds. The van der Waals surface area contributed by atoms with E-state index >= 15 is 0 Å². The van der Waals surface area contributed by atoms with Gasteiger partial charge in [-0.1, -0.05) is 20.8 Å². The molecule has 1 aromatic rings. The van der Waals surface area contributed by atoms with Crippen LogP contribution >= 0.6 is 0 Å². The van der Waals surface area contributed by atoms with Crippen molar-refractivity contribution in [2.45, 2.75) is 33.4 Å². The smallest absolute Gasteiger partial charge is 0.239 e. The lowest BCUT2D eigenvalue weighted by Crippen LogP contribution is -2.45. The summed E-state index contributed by atoms with van der Waals surface area (Å²) in [5.74, 6) is 1.59. The van der Waals surface area contributed by atoms with Crippen LogP contribution < -0.4 is 9.47 Å². The van der Waals surface area contributed by atoms with Crippen molar-refractivity contribution >= 4 is 5.91 Å². The maximum atomic E-state index is 12.3. The largest absolute Gasteiger partial charge is 0.497 e. The topological polar surface area (TPSA) is 42.0 Å². The van der Waals surface area contributed by atoms with Crippen LogP contribution in [0.5, 0.6) is 11.5 Å². The number of carbonyl (C=O) groups is 1. The van der Waals surface area contributed by atoms with Gasteiger partial charge in [0.15, 0.2) is 6.23 Å². The molecule has 0 heterocycles. The second-order valence-corrected chi connectivity index (χ2v) is 5.12. The highest BCUT2D eigenvalue weighted by atomic mass is 16.5. The summed E-state index contributed by atoms with van der Waals surface area (Å²) >= 11 is 0. The first-order valence-electron chi connectivity index (χ1n) is 7.84. The average Bonchev–Trinajstić information content (AvgIpc) is 2.57. The Kier molecular flexibility index (Phi) is 7.74. The van der Waals surface area contributed by atoms with E-state index in [0.29, 0.717) is 6.54 Å². The highest BCUT2D eigenvalue weighted by molar-refractivity contribution is 5.78. The van der Waals surface area contributed by atoms with E-state index in [-0.39, 0.29) is 12.1 Å². The maximum Gasteiger partial charge on any atom is 0.239 e. The number of hydrogen-bond acceptors (Lipinski definition) is 4. The number of nitrogens with zero attached hydrogens (tertiary/aromatic N) is 2. The van der Waals surface area contributed by atoms with Gasteiger partial charge < -0.3 is 14.4 Å². The molecular weight excluding hydrogens is 280 g/mol. The molecule has 1 aromatic carbocycles. The summed E-state index contributed by atoms with van der Waals surface area (Å²) in [6.07, 6.45) is 0.462. The second-order valence-electron chi connectivity index (χ2n) is 5.12. The molecule has 0 aromatic heterocycles. The van der Waals surface area contributed by atoms with Gasteiger partial charge in [0.25, 0.3) is 0 Å². The van der Waals surface area contributed by atoms with Crippen LogP contribution in [0.15, 0.2) is 24.3 Å². The Morgan fingerprint density at radius 2 is 1.64 bits per heavy atom. The van der Waals surface area contributed by atoms with E-state index in [1.807, 2.05) is 31.2 Å². The minimum absolute atomic E-state index is 0.0732. The first-order valence-corrected chi connectivity index (χ1v) is 7.84. The SMILES string of the molecule is CCC(Oc1ccc(OC)cc1)N(C)C(=O)CN(CC)CC. The molecule has 0 saturated carbocycles. The fourth-order valence-electron chi connectivity index (χ4n) is 2.16. The molecule has 0 spiro atoms. The molecular formula is C17H28N2O3. The number of hydrogen-bond donors (Lipinski definition) is 0. The van der Waals surface area contributed by atoms with Gasteiger partial charge in [0.1, 0.15) is 11.5 Å². The molecule has 124 valence electrons. The number of rotatable bonds is 9. The van der Waals surface area contributed by atoms with Crippen LogP contribution in [-0.4, -0.2) is 55.7 Å². The molecule has 22 heavy (non-hydrogen) atoms. The van der Waals surface area contributed by atoms with Crippen molar-refractivity contribution in [3.8, 4) is 11.5 Å². The van der Waals surface area contributed by atoms with E-state index in [2.05, 4.69) is 18.7 Å². The first-order chi connectivity index (χ1) is 10.5. The van der Waals surface area contributed by atoms with Gasteiger partial charge in [0, 0.05) is 13.5 Å². The van der Waals surface area contributed by atoms with Crippen molar-refractivity contribution < 1.29 is 14.3 Å². The Morgan fingerprint density at radius 1 is 1.09 bits per heavy atom. The molecule has 0 aliphatic rings. The van der Waals surface area contributed by atoms with Gasteiger partial charge >= 0.3 is 0 Å². The van der Waals surface area contributed by atoms with Crippen LogP contribution in [-0.2, 0) is 4.79 Å². The predicted octanol–water partition coefficient (Wildman–Crippen LogP) is 2.61. The number of benzene rings is 1. The molecule has 5 heteroatoms. The zero-order valence-corrected chi connectivity index (χ0v) is 14.3. The number of ether oxygens (including phenoxy) is 2. The Morgan fingerprint density at radius 3 is 2.09 bits per heavy atom. The molecule has 0 bridgehead atoms. The summed E-state index contributed by atoms with van der Waals surface area (Å²) in [4.78, 5) is 16.1. The molecule has 1 rings (SSSR count). The van der Waals surface area contributed by atoms with E-state index in [0.717, 1.165) is 31.0 Å². The van der Waals surface area contributed by atoms with Gasteiger partial charge in [0.05, 0.1) is 13.7 Å². The summed E-state index contributed by atoms with van der Waals surface area (Å²) in [7, 11) is 3.42. The van der Waals surface area contributed by atoms with Crippen molar-refractivity contribution in [3.05, 3.63) is 24.3 Å². The lowest BCUT2D eigenvalue weighted by atomic mass is 10.3. The summed E-state index contributed by atoms with van der Waals surface area (Å²) in [6, 6.07) is 7.40. The van der Waals surface area contributed by atoms with Crippen LogP contribution in [0.2, 0.25) is 0 Å². The molecule has 1 atom stereocenters. The van der Waals surface area contributed by atoms with Crippen LogP contribution in [0.25, 0.3) is 0 Å². The highest BCUT2D eigenvalue weighted by Crippen LogP contribution is 2.19. The normalized spacial score (nSPS) is 12.1. The fraction of sp³-hybridized carbons (Fsp3) is 0.588. The van der Waals surface area contributed by atoms with Gasteiger partial charge in [0.2, 0.25) is 5.91 Å². The van der Waals surface area contributed by atoms with Crippen LogP contribution in [0.1, 0.15) is 27.2 Å². The molecule has 0 fully saturated rings. The molecule has 0 aliphatic heterocycles. The Bertz CT molecular complexity index is 444. The molecule has 0 N–H and O–H groups in total. The lowest BCUT2D eigenvalue weighted by Gasteiger charge is -2.30. The molecule has 0 radical (unpaired) electrons. The molecule has 0 aliphatic carbocycles. The van der Waals surface area contributed by atoms with E-state index in [9.17, 15) is 4.79 Å². The minimum Gasteiger partial charge on any atom is -0.497 e. The van der Waals surface area contributed by atoms with E-state index in [1.54, 1.807) is 19.1 Å². The molecule has 1 unspecified atom stereocenters. The van der Waals surface area contributed by atoms with E-state index < -0.39 is 0 Å². The van der Waals surface area contributed by atoms with Crippen LogP contribution in [0.3, 0.4) is 0 Å². The quantitative estimate of drug-likeness (QED) is 0.658. The summed E-state index contributed by atoms with van der Waals surface area (Å²) in [5.41, 5.74) is 0. The third kappa shape index (κ3) is 5.22. The Labute approximate surface area is 133 Å². The van der Waals surface area contributed by atoms with Gasteiger partial charge in [-0.2, -0.15) is 0 Å². The summed E-state index contributed by atoms with van der Waals surface area (Å²) < 4.78 is 11.1. The van der Waals surface area contributed by atoms with E-state index in [4.69, 9.17) is 9.47 Å². The van der Waals surface area contributed by atoms with E-state index in [1.165, 1.54) is 0 Å². The van der Waals surface area contributed by atoms with Crippen LogP contribution in [0, 0.1) is 0 Å². The monoisotopic (exact) mass is 308 g/mol. The standard InChI is InChI=1S/C17H28N2O3/c1-6-17(18(4)16(20)13-19(7-2)8-3)22-15-11-9-14(21-5)10-12-15/h9-12,17H,6-8,13H2,1-5H3. The summed E-state index contributed by atoms with van der Waals surface area (Å²) in [5, 5.41) is 0. The average molecular weight is 308 g/mol. The number of amides is 1. The Hall–Kier alpha value is -1.75. The van der Waals surface area contributed by atoms with Crippen LogP contribution in [0.4, 0.5) is 0 Å². The highest BCUT2D eigenvalue weighted by Gasteiger charge is 2.21. The van der Waals surface area contributed by atoms with Crippen molar-refractivity contribution in [3.63, 3.8) is 0 Å². The fourth-order valence-corrected chi connectivity index (χ4v) is 2.16. The minimum atomic E-state index is -0.267. The maximum absolute atomic E-state index is 12.3. The first kappa shape index (κ1) is 18.3. The van der Waals surface area contributed by atoms with Crippen molar-refractivity contribution in [2.75, 3.05) is 33.8 Å². The van der Waals surface area contributed by atoms with Crippen molar-refractivity contribution in [1.29, 1.82) is 0 Å². The molecule has 0 saturated heterocycles. The number of carbonyl (C=O) groups excluding carboxylic acids is 1. The number of likely N-dealkylation sites (N-methyl/N-ethyl adjacent to an activating group) is 2. The van der Waals surface area contributed by atoms with Crippen molar-refractivity contribution in [1.82, 2.24) is 9.80 Å².